The van der Waals surface area contributed by atoms with Crippen molar-refractivity contribution in [2.45, 2.75) is 19.5 Å². The Balaban J connectivity index is 2.12. The Morgan fingerprint density at radius 2 is 2.19 bits per heavy atom. The molecule has 1 aromatic rings. The Labute approximate surface area is 118 Å². The molecule has 1 aliphatic heterocycles. The van der Waals surface area contributed by atoms with Crippen molar-refractivity contribution in [3.63, 3.8) is 0 Å². The lowest BCUT2D eigenvalue weighted by molar-refractivity contribution is -0.147. The molecule has 1 aromatic heterocycles. The number of ether oxygens (including phenoxy) is 1. The van der Waals surface area contributed by atoms with Gasteiger partial charge < -0.3 is 9.64 Å². The van der Waals surface area contributed by atoms with Gasteiger partial charge in [-0.05, 0) is 19.1 Å². The fourth-order valence-corrected chi connectivity index (χ4v) is 2.09. The molecule has 1 fully saturated rings. The van der Waals surface area contributed by atoms with Gasteiger partial charge in [-0.15, -0.1) is 0 Å². The minimum atomic E-state index is -4.53. The van der Waals surface area contributed by atoms with Crippen molar-refractivity contribution in [3.05, 3.63) is 24.0 Å². The Hall–Kier alpha value is -2.12. The summed E-state index contributed by atoms with van der Waals surface area (Å²) in [5, 5.41) is 0. The molecule has 1 unspecified atom stereocenters. The molecule has 114 valence electrons. The van der Waals surface area contributed by atoms with Crippen LogP contribution in [0.3, 0.4) is 0 Å². The van der Waals surface area contributed by atoms with Gasteiger partial charge in [-0.1, -0.05) is 0 Å². The molecule has 21 heavy (non-hydrogen) atoms. The topological polar surface area (TPSA) is 59.5 Å². The standard InChI is InChI=1S/C13H13F3N2O3/c1-2-21-12(20)8-5-11(19)18(7-8)9-3-4-10(17-6-9)13(14,15)16/h3-4,6,8H,2,5,7H2,1H3. The van der Waals surface area contributed by atoms with E-state index in [1.807, 2.05) is 0 Å². The minimum Gasteiger partial charge on any atom is -0.466 e. The summed E-state index contributed by atoms with van der Waals surface area (Å²) < 4.78 is 42.1. The highest BCUT2D eigenvalue weighted by Crippen LogP contribution is 2.30. The first-order valence-corrected chi connectivity index (χ1v) is 6.33. The SMILES string of the molecule is CCOC(=O)C1CC(=O)N(c2ccc(C(F)(F)F)nc2)C1. The Bertz CT molecular complexity index is 543. The van der Waals surface area contributed by atoms with Crippen molar-refractivity contribution in [3.8, 4) is 0 Å². The van der Waals surface area contributed by atoms with Crippen LogP contribution in [-0.2, 0) is 20.5 Å². The summed E-state index contributed by atoms with van der Waals surface area (Å²) in [5.74, 6) is -1.41. The third kappa shape index (κ3) is 3.32. The summed E-state index contributed by atoms with van der Waals surface area (Å²) in [7, 11) is 0. The molecule has 8 heteroatoms. The number of hydrogen-bond acceptors (Lipinski definition) is 4. The quantitative estimate of drug-likeness (QED) is 0.802. The number of pyridine rings is 1. The smallest absolute Gasteiger partial charge is 0.433 e. The largest absolute Gasteiger partial charge is 0.466 e. The predicted octanol–water partition coefficient (Wildman–Crippen LogP) is 2.02. The highest BCUT2D eigenvalue weighted by Gasteiger charge is 2.37. The van der Waals surface area contributed by atoms with E-state index in [0.29, 0.717) is 0 Å². The number of halogens is 3. The van der Waals surface area contributed by atoms with Crippen LogP contribution < -0.4 is 4.90 Å². The normalized spacial score (nSPS) is 19.0. The van der Waals surface area contributed by atoms with Gasteiger partial charge in [0.25, 0.3) is 0 Å². The van der Waals surface area contributed by atoms with Crippen molar-refractivity contribution in [2.24, 2.45) is 5.92 Å². The summed E-state index contributed by atoms with van der Waals surface area (Å²) in [6.45, 7) is 1.96. The number of aromatic nitrogens is 1. The second-order valence-corrected chi connectivity index (χ2v) is 4.56. The molecule has 1 amide bonds. The maximum atomic E-state index is 12.4. The molecule has 1 aliphatic rings. The van der Waals surface area contributed by atoms with Gasteiger partial charge in [0.15, 0.2) is 0 Å². The zero-order valence-electron chi connectivity index (χ0n) is 11.2. The van der Waals surface area contributed by atoms with Gasteiger partial charge in [0, 0.05) is 13.0 Å². The molecule has 0 radical (unpaired) electrons. The van der Waals surface area contributed by atoms with E-state index in [1.165, 1.54) is 11.0 Å². The van der Waals surface area contributed by atoms with Gasteiger partial charge in [-0.2, -0.15) is 13.2 Å². The fraction of sp³-hybridized carbons (Fsp3) is 0.462. The molecule has 0 spiro atoms. The van der Waals surface area contributed by atoms with Crippen LogP contribution >= 0.6 is 0 Å². The van der Waals surface area contributed by atoms with Gasteiger partial charge in [-0.3, -0.25) is 9.59 Å². The average Bonchev–Trinajstić information content (AvgIpc) is 2.80. The zero-order chi connectivity index (χ0) is 15.6. The van der Waals surface area contributed by atoms with Crippen molar-refractivity contribution in [1.82, 2.24) is 4.98 Å². The van der Waals surface area contributed by atoms with Crippen LogP contribution in [0.4, 0.5) is 18.9 Å². The summed E-state index contributed by atoms with van der Waals surface area (Å²) in [4.78, 5) is 28.0. The van der Waals surface area contributed by atoms with E-state index in [9.17, 15) is 22.8 Å². The zero-order valence-corrected chi connectivity index (χ0v) is 11.2. The number of esters is 1. The van der Waals surface area contributed by atoms with Crippen LogP contribution in [0.15, 0.2) is 18.3 Å². The van der Waals surface area contributed by atoms with Gasteiger partial charge in [0.05, 0.1) is 24.4 Å². The molecule has 0 aliphatic carbocycles. The molecule has 0 bridgehead atoms. The number of carbonyl (C=O) groups excluding carboxylic acids is 2. The number of amides is 1. The third-order valence-corrected chi connectivity index (χ3v) is 3.09. The lowest BCUT2D eigenvalue weighted by atomic mass is 10.1. The molecular weight excluding hydrogens is 289 g/mol. The highest BCUT2D eigenvalue weighted by atomic mass is 19.4. The van der Waals surface area contributed by atoms with Crippen molar-refractivity contribution < 1.29 is 27.5 Å². The summed E-state index contributed by atoms with van der Waals surface area (Å²) in [6, 6.07) is 1.97. The maximum absolute atomic E-state index is 12.4. The Morgan fingerprint density at radius 1 is 1.48 bits per heavy atom. The van der Waals surface area contributed by atoms with Crippen LogP contribution in [0.1, 0.15) is 19.0 Å². The van der Waals surface area contributed by atoms with Gasteiger partial charge in [-0.25, -0.2) is 4.98 Å². The predicted molar refractivity (Wildman–Crippen MR) is 66.3 cm³/mol. The van der Waals surface area contributed by atoms with Gasteiger partial charge in [0.2, 0.25) is 5.91 Å². The Kier molecular flexibility index (Phi) is 4.15. The van der Waals surface area contributed by atoms with Crippen molar-refractivity contribution in [2.75, 3.05) is 18.1 Å². The van der Waals surface area contributed by atoms with E-state index in [-0.39, 0.29) is 31.2 Å². The summed E-state index contributed by atoms with van der Waals surface area (Å²) in [6.07, 6.45) is -3.56. The summed E-state index contributed by atoms with van der Waals surface area (Å²) in [5.41, 5.74) is -0.792. The molecule has 1 saturated heterocycles. The molecule has 0 N–H and O–H groups in total. The monoisotopic (exact) mass is 302 g/mol. The third-order valence-electron chi connectivity index (χ3n) is 3.09. The van der Waals surface area contributed by atoms with Crippen LogP contribution in [0.25, 0.3) is 0 Å². The van der Waals surface area contributed by atoms with Crippen LogP contribution in [0.5, 0.6) is 0 Å². The van der Waals surface area contributed by atoms with E-state index >= 15 is 0 Å². The van der Waals surface area contributed by atoms with Crippen LogP contribution in [0, 0.1) is 5.92 Å². The number of alkyl halides is 3. The molecule has 1 atom stereocenters. The molecule has 0 aromatic carbocycles. The average molecular weight is 302 g/mol. The number of hydrogen-bond donors (Lipinski definition) is 0. The maximum Gasteiger partial charge on any atom is 0.433 e. The van der Waals surface area contributed by atoms with E-state index in [0.717, 1.165) is 12.3 Å². The molecule has 2 rings (SSSR count). The number of carbonyl (C=O) groups is 2. The molecule has 2 heterocycles. The number of rotatable bonds is 3. The fourth-order valence-electron chi connectivity index (χ4n) is 2.09. The minimum absolute atomic E-state index is 0.0140. The lowest BCUT2D eigenvalue weighted by Crippen LogP contribution is -2.26. The number of nitrogens with zero attached hydrogens (tertiary/aromatic N) is 2. The van der Waals surface area contributed by atoms with E-state index in [4.69, 9.17) is 4.74 Å². The second kappa shape index (κ2) is 5.71. The van der Waals surface area contributed by atoms with E-state index in [1.54, 1.807) is 6.92 Å². The molecular formula is C13H13F3N2O3. The van der Waals surface area contributed by atoms with Crippen molar-refractivity contribution in [1.29, 1.82) is 0 Å². The van der Waals surface area contributed by atoms with E-state index in [2.05, 4.69) is 4.98 Å². The van der Waals surface area contributed by atoms with Crippen LogP contribution in [-0.4, -0.2) is 30.0 Å². The molecule has 0 saturated carbocycles. The van der Waals surface area contributed by atoms with Crippen molar-refractivity contribution >= 4 is 17.6 Å². The highest BCUT2D eigenvalue weighted by molar-refractivity contribution is 5.99. The van der Waals surface area contributed by atoms with Gasteiger partial charge in [0.1, 0.15) is 5.69 Å². The first-order chi connectivity index (χ1) is 9.82. The Morgan fingerprint density at radius 3 is 2.71 bits per heavy atom. The van der Waals surface area contributed by atoms with E-state index < -0.39 is 23.8 Å². The summed E-state index contributed by atoms with van der Waals surface area (Å²) >= 11 is 0. The van der Waals surface area contributed by atoms with Gasteiger partial charge >= 0.3 is 12.1 Å². The molecule has 5 nitrogen and oxygen atoms in total. The number of anilines is 1. The second-order valence-electron chi connectivity index (χ2n) is 4.56. The first-order valence-electron chi connectivity index (χ1n) is 6.33. The van der Waals surface area contributed by atoms with Crippen LogP contribution in [0.2, 0.25) is 0 Å². The first kappa shape index (κ1) is 15.3. The lowest BCUT2D eigenvalue weighted by Gasteiger charge is -2.16.